The lowest BCUT2D eigenvalue weighted by Gasteiger charge is -2.28. The molecule has 92 valence electrons. The van der Waals surface area contributed by atoms with Crippen molar-refractivity contribution in [3.05, 3.63) is 0 Å². The zero-order chi connectivity index (χ0) is 12.3. The van der Waals surface area contributed by atoms with Gasteiger partial charge in [0.15, 0.2) is 0 Å². The van der Waals surface area contributed by atoms with Crippen molar-refractivity contribution >= 4 is 11.9 Å². The summed E-state index contributed by atoms with van der Waals surface area (Å²) in [6.07, 6.45) is 1.83. The molecule has 0 aromatic carbocycles. The van der Waals surface area contributed by atoms with Crippen molar-refractivity contribution in [1.82, 2.24) is 4.90 Å². The van der Waals surface area contributed by atoms with E-state index in [1.54, 1.807) is 4.90 Å². The fourth-order valence-electron chi connectivity index (χ4n) is 2.09. The fourth-order valence-corrected chi connectivity index (χ4v) is 2.09. The second-order valence-electron chi connectivity index (χ2n) is 4.96. The smallest absolute Gasteiger partial charge is 0.305 e. The van der Waals surface area contributed by atoms with Gasteiger partial charge in [-0.2, -0.15) is 0 Å². The van der Waals surface area contributed by atoms with Gasteiger partial charge in [0.05, 0.1) is 6.42 Å². The summed E-state index contributed by atoms with van der Waals surface area (Å²) in [6.45, 7) is 6.67. The Kier molecular flexibility index (Phi) is 4.33. The summed E-state index contributed by atoms with van der Waals surface area (Å²) in [5.74, 6) is -0.423. The van der Waals surface area contributed by atoms with Crippen molar-refractivity contribution in [1.29, 1.82) is 0 Å². The summed E-state index contributed by atoms with van der Waals surface area (Å²) in [7, 11) is 0. The Labute approximate surface area is 96.6 Å². The Balaban J connectivity index is 2.64. The van der Waals surface area contributed by atoms with E-state index in [2.05, 4.69) is 0 Å². The molecule has 1 fully saturated rings. The Morgan fingerprint density at radius 1 is 1.38 bits per heavy atom. The molecule has 1 heterocycles. The van der Waals surface area contributed by atoms with Crippen LogP contribution in [0, 0.1) is 11.8 Å². The maximum atomic E-state index is 12.1. The molecular weight excluding hydrogens is 206 g/mol. The average Bonchev–Trinajstić information content (AvgIpc) is 2.62. The molecule has 1 amide bonds. The number of carbonyl (C=O) groups is 2. The molecular formula is C12H21NO3. The number of carboxylic acids is 1. The minimum Gasteiger partial charge on any atom is -0.481 e. The van der Waals surface area contributed by atoms with Gasteiger partial charge in [-0.3, -0.25) is 9.59 Å². The first-order valence-corrected chi connectivity index (χ1v) is 5.95. The molecule has 2 atom stereocenters. The second kappa shape index (κ2) is 5.32. The van der Waals surface area contributed by atoms with Crippen LogP contribution in [0.2, 0.25) is 0 Å². The molecule has 4 nitrogen and oxygen atoms in total. The first-order chi connectivity index (χ1) is 7.43. The molecule has 0 bridgehead atoms. The Morgan fingerprint density at radius 3 is 2.50 bits per heavy atom. The normalized spacial score (nSPS) is 22.5. The van der Waals surface area contributed by atoms with Crippen LogP contribution in [0.3, 0.4) is 0 Å². The van der Waals surface area contributed by atoms with Gasteiger partial charge < -0.3 is 10.0 Å². The molecule has 0 saturated carbocycles. The minimum atomic E-state index is -0.818. The van der Waals surface area contributed by atoms with Gasteiger partial charge in [0, 0.05) is 18.5 Å². The zero-order valence-electron chi connectivity index (χ0n) is 10.3. The second-order valence-corrected chi connectivity index (χ2v) is 4.96. The number of rotatable bonds is 4. The van der Waals surface area contributed by atoms with E-state index in [0.717, 1.165) is 12.8 Å². The molecule has 2 unspecified atom stereocenters. The lowest BCUT2D eigenvalue weighted by atomic mass is 9.96. The van der Waals surface area contributed by atoms with Crippen molar-refractivity contribution in [3.63, 3.8) is 0 Å². The number of carboxylic acid groups (broad SMARTS) is 1. The Morgan fingerprint density at radius 2 is 2.00 bits per heavy atom. The first kappa shape index (κ1) is 13.0. The van der Waals surface area contributed by atoms with Crippen molar-refractivity contribution < 1.29 is 14.7 Å². The molecule has 0 aromatic rings. The van der Waals surface area contributed by atoms with Gasteiger partial charge in [-0.05, 0) is 18.8 Å². The van der Waals surface area contributed by atoms with E-state index in [4.69, 9.17) is 5.11 Å². The summed E-state index contributed by atoms with van der Waals surface area (Å²) in [5.41, 5.74) is 0. The van der Waals surface area contributed by atoms with Crippen LogP contribution in [0.25, 0.3) is 0 Å². The van der Waals surface area contributed by atoms with Gasteiger partial charge in [0.1, 0.15) is 0 Å². The van der Waals surface area contributed by atoms with Crippen LogP contribution in [-0.2, 0) is 9.59 Å². The van der Waals surface area contributed by atoms with Crippen LogP contribution in [0.4, 0.5) is 0 Å². The molecule has 4 heteroatoms. The third-order valence-electron chi connectivity index (χ3n) is 3.46. The lowest BCUT2D eigenvalue weighted by molar-refractivity contribution is -0.141. The van der Waals surface area contributed by atoms with E-state index in [1.807, 2.05) is 20.8 Å². The molecule has 1 N–H and O–H groups in total. The molecule has 0 aromatic heterocycles. The van der Waals surface area contributed by atoms with E-state index in [1.165, 1.54) is 0 Å². The van der Waals surface area contributed by atoms with Crippen molar-refractivity contribution in [2.24, 2.45) is 11.8 Å². The molecule has 0 spiro atoms. The van der Waals surface area contributed by atoms with E-state index in [9.17, 15) is 9.59 Å². The van der Waals surface area contributed by atoms with Gasteiger partial charge in [-0.15, -0.1) is 0 Å². The number of hydrogen-bond donors (Lipinski definition) is 1. The predicted octanol–water partition coefficient (Wildman–Crippen LogP) is 1.74. The van der Waals surface area contributed by atoms with E-state index in [-0.39, 0.29) is 24.3 Å². The molecule has 1 aliphatic rings. The highest BCUT2D eigenvalue weighted by Gasteiger charge is 2.33. The molecule has 1 rings (SSSR count). The molecule has 1 saturated heterocycles. The summed E-state index contributed by atoms with van der Waals surface area (Å²) in [5, 5.41) is 8.78. The predicted molar refractivity (Wildman–Crippen MR) is 61.0 cm³/mol. The highest BCUT2D eigenvalue weighted by atomic mass is 16.4. The van der Waals surface area contributed by atoms with Gasteiger partial charge >= 0.3 is 5.97 Å². The quantitative estimate of drug-likeness (QED) is 0.796. The largest absolute Gasteiger partial charge is 0.481 e. The Hall–Kier alpha value is -1.06. The van der Waals surface area contributed by atoms with E-state index in [0.29, 0.717) is 12.5 Å². The maximum Gasteiger partial charge on any atom is 0.305 e. The van der Waals surface area contributed by atoms with Crippen molar-refractivity contribution in [3.8, 4) is 0 Å². The summed E-state index contributed by atoms with van der Waals surface area (Å²) in [4.78, 5) is 24.6. The number of likely N-dealkylation sites (tertiary alicyclic amines) is 1. The third-order valence-corrected chi connectivity index (χ3v) is 3.46. The summed E-state index contributed by atoms with van der Waals surface area (Å²) >= 11 is 0. The molecule has 0 radical (unpaired) electrons. The van der Waals surface area contributed by atoms with E-state index < -0.39 is 5.97 Å². The fraction of sp³-hybridized carbons (Fsp3) is 0.833. The molecule has 1 aliphatic heterocycles. The van der Waals surface area contributed by atoms with Crippen molar-refractivity contribution in [2.45, 2.75) is 46.1 Å². The number of hydrogen-bond acceptors (Lipinski definition) is 2. The number of amides is 1. The topological polar surface area (TPSA) is 57.6 Å². The van der Waals surface area contributed by atoms with Gasteiger partial charge in [-0.1, -0.05) is 20.8 Å². The van der Waals surface area contributed by atoms with Crippen molar-refractivity contribution in [2.75, 3.05) is 6.54 Å². The third kappa shape index (κ3) is 2.97. The number of aliphatic carboxylic acids is 1. The summed E-state index contributed by atoms with van der Waals surface area (Å²) in [6, 6.07) is -0.0915. The standard InChI is InChI=1S/C12H21NO3/c1-8(2)9(3)12(16)13-6-4-5-10(13)7-11(14)15/h8-10H,4-7H2,1-3H3,(H,14,15). The van der Waals surface area contributed by atoms with Gasteiger partial charge in [0.2, 0.25) is 5.91 Å². The minimum absolute atomic E-state index is 0.0191. The lowest BCUT2D eigenvalue weighted by Crippen LogP contribution is -2.41. The monoisotopic (exact) mass is 227 g/mol. The van der Waals surface area contributed by atoms with E-state index >= 15 is 0 Å². The highest BCUT2D eigenvalue weighted by Crippen LogP contribution is 2.24. The Bertz CT molecular complexity index is 275. The van der Waals surface area contributed by atoms with Crippen LogP contribution >= 0.6 is 0 Å². The first-order valence-electron chi connectivity index (χ1n) is 5.95. The zero-order valence-corrected chi connectivity index (χ0v) is 10.3. The average molecular weight is 227 g/mol. The van der Waals surface area contributed by atoms with Crippen LogP contribution in [0.15, 0.2) is 0 Å². The van der Waals surface area contributed by atoms with Gasteiger partial charge in [0.25, 0.3) is 0 Å². The molecule has 0 aliphatic carbocycles. The number of carbonyl (C=O) groups excluding carboxylic acids is 1. The van der Waals surface area contributed by atoms with Crippen LogP contribution in [0.1, 0.15) is 40.0 Å². The maximum absolute atomic E-state index is 12.1. The number of nitrogens with zero attached hydrogens (tertiary/aromatic N) is 1. The SMILES string of the molecule is CC(C)C(C)C(=O)N1CCCC1CC(=O)O. The van der Waals surface area contributed by atoms with Crippen LogP contribution < -0.4 is 0 Å². The van der Waals surface area contributed by atoms with Gasteiger partial charge in [-0.25, -0.2) is 0 Å². The summed E-state index contributed by atoms with van der Waals surface area (Å²) < 4.78 is 0. The van der Waals surface area contributed by atoms with Crippen LogP contribution in [-0.4, -0.2) is 34.5 Å². The van der Waals surface area contributed by atoms with Crippen LogP contribution in [0.5, 0.6) is 0 Å². The highest BCUT2D eigenvalue weighted by molar-refractivity contribution is 5.80. The molecule has 16 heavy (non-hydrogen) atoms.